The standard InChI is InChI=1S/C17H28N4OS.2ClH/c1-13-2-4-14(5-3-13)20-8-10-21(11-9-20)17(22)15-12-23-16(19-15)6-7-18;;/h12-14H,2-11,18H2,1H3;2*1H. The predicted molar refractivity (Wildman–Crippen MR) is 108 cm³/mol. The molecule has 2 aliphatic rings. The Bertz CT molecular complexity index is 526. The van der Waals surface area contributed by atoms with Crippen LogP contribution in [0.5, 0.6) is 0 Å². The first-order chi connectivity index (χ1) is 11.2. The predicted octanol–water partition coefficient (Wildman–Crippen LogP) is 2.82. The van der Waals surface area contributed by atoms with Crippen LogP contribution in [0, 0.1) is 5.92 Å². The second kappa shape index (κ2) is 10.7. The molecule has 2 N–H and O–H groups in total. The molecule has 0 radical (unpaired) electrons. The van der Waals surface area contributed by atoms with E-state index >= 15 is 0 Å². The van der Waals surface area contributed by atoms with Gasteiger partial charge in [0.15, 0.2) is 0 Å². The molecule has 0 atom stereocenters. The highest BCUT2D eigenvalue weighted by molar-refractivity contribution is 7.09. The molecule has 3 rings (SSSR count). The lowest BCUT2D eigenvalue weighted by molar-refractivity contribution is 0.0497. The van der Waals surface area contributed by atoms with Crippen molar-refractivity contribution in [2.45, 2.75) is 45.1 Å². The highest BCUT2D eigenvalue weighted by atomic mass is 35.5. The summed E-state index contributed by atoms with van der Waals surface area (Å²) in [6.45, 7) is 6.61. The molecule has 0 aromatic carbocycles. The Balaban J connectivity index is 0.00000156. The Morgan fingerprint density at radius 2 is 1.84 bits per heavy atom. The summed E-state index contributed by atoms with van der Waals surface area (Å²) in [6.07, 6.45) is 6.11. The monoisotopic (exact) mass is 408 g/mol. The molecule has 0 spiro atoms. The third-order valence-corrected chi connectivity index (χ3v) is 6.14. The molecule has 144 valence electrons. The van der Waals surface area contributed by atoms with Crippen LogP contribution in [0.4, 0.5) is 0 Å². The molecule has 1 aromatic rings. The van der Waals surface area contributed by atoms with Gasteiger partial charge in [-0.2, -0.15) is 0 Å². The first kappa shape index (κ1) is 22.6. The number of rotatable bonds is 4. The Morgan fingerprint density at radius 1 is 1.20 bits per heavy atom. The van der Waals surface area contributed by atoms with Gasteiger partial charge in [-0.25, -0.2) is 4.98 Å². The number of hydrogen-bond donors (Lipinski definition) is 1. The Kier molecular flexibility index (Phi) is 9.67. The van der Waals surface area contributed by atoms with E-state index in [1.54, 1.807) is 11.3 Å². The van der Waals surface area contributed by atoms with Gasteiger partial charge in [-0.3, -0.25) is 9.69 Å². The summed E-state index contributed by atoms with van der Waals surface area (Å²) >= 11 is 1.54. The second-order valence-electron chi connectivity index (χ2n) is 6.91. The van der Waals surface area contributed by atoms with Gasteiger partial charge in [0.25, 0.3) is 5.91 Å². The van der Waals surface area contributed by atoms with Crippen molar-refractivity contribution < 1.29 is 4.79 Å². The van der Waals surface area contributed by atoms with Crippen molar-refractivity contribution in [3.05, 3.63) is 16.1 Å². The number of nitrogens with two attached hydrogens (primary N) is 1. The minimum absolute atomic E-state index is 0. The summed E-state index contributed by atoms with van der Waals surface area (Å²) in [6, 6.07) is 0.735. The summed E-state index contributed by atoms with van der Waals surface area (Å²) in [4.78, 5) is 21.5. The number of hydrogen-bond acceptors (Lipinski definition) is 5. The quantitative estimate of drug-likeness (QED) is 0.831. The summed E-state index contributed by atoms with van der Waals surface area (Å²) in [5, 5.41) is 2.84. The number of thiazole rings is 1. The molecule has 1 saturated carbocycles. The molecular weight excluding hydrogens is 379 g/mol. The molecule has 0 unspecified atom stereocenters. The molecule has 1 aromatic heterocycles. The lowest BCUT2D eigenvalue weighted by Gasteiger charge is -2.41. The van der Waals surface area contributed by atoms with Crippen molar-refractivity contribution in [1.82, 2.24) is 14.8 Å². The van der Waals surface area contributed by atoms with Crippen LogP contribution in [0.2, 0.25) is 0 Å². The highest BCUT2D eigenvalue weighted by Crippen LogP contribution is 2.27. The van der Waals surface area contributed by atoms with Crippen LogP contribution in [0.1, 0.15) is 48.1 Å². The van der Waals surface area contributed by atoms with E-state index in [4.69, 9.17) is 5.73 Å². The third-order valence-electron chi connectivity index (χ3n) is 5.23. The maximum atomic E-state index is 12.6. The largest absolute Gasteiger partial charge is 0.335 e. The van der Waals surface area contributed by atoms with E-state index in [0.29, 0.717) is 12.2 Å². The van der Waals surface area contributed by atoms with E-state index in [-0.39, 0.29) is 30.7 Å². The van der Waals surface area contributed by atoms with Crippen molar-refractivity contribution in [2.24, 2.45) is 11.7 Å². The zero-order valence-electron chi connectivity index (χ0n) is 14.9. The van der Waals surface area contributed by atoms with Gasteiger partial charge in [-0.1, -0.05) is 6.92 Å². The molecule has 1 aliphatic heterocycles. The number of piperazine rings is 1. The van der Waals surface area contributed by atoms with Crippen LogP contribution in [0.25, 0.3) is 0 Å². The molecule has 2 fully saturated rings. The molecule has 2 heterocycles. The van der Waals surface area contributed by atoms with Crippen molar-refractivity contribution in [3.8, 4) is 0 Å². The summed E-state index contributed by atoms with van der Waals surface area (Å²) in [5.74, 6) is 0.975. The minimum Gasteiger partial charge on any atom is -0.335 e. The Morgan fingerprint density at radius 3 is 2.44 bits per heavy atom. The molecule has 1 aliphatic carbocycles. The van der Waals surface area contributed by atoms with Crippen molar-refractivity contribution in [2.75, 3.05) is 32.7 Å². The lowest BCUT2D eigenvalue weighted by atomic mass is 9.86. The fraction of sp³-hybridized carbons (Fsp3) is 0.765. The van der Waals surface area contributed by atoms with Gasteiger partial charge in [-0.15, -0.1) is 36.2 Å². The first-order valence-corrected chi connectivity index (χ1v) is 9.73. The highest BCUT2D eigenvalue weighted by Gasteiger charge is 2.29. The number of aromatic nitrogens is 1. The van der Waals surface area contributed by atoms with E-state index in [1.165, 1.54) is 25.7 Å². The summed E-state index contributed by atoms with van der Waals surface area (Å²) in [5.41, 5.74) is 6.14. The van der Waals surface area contributed by atoms with Gasteiger partial charge in [0, 0.05) is 44.0 Å². The van der Waals surface area contributed by atoms with Crippen LogP contribution < -0.4 is 5.73 Å². The van der Waals surface area contributed by atoms with E-state index < -0.39 is 0 Å². The number of carbonyl (C=O) groups excluding carboxylic acids is 1. The first-order valence-electron chi connectivity index (χ1n) is 8.85. The van der Waals surface area contributed by atoms with Gasteiger partial charge < -0.3 is 10.6 Å². The number of halogens is 2. The van der Waals surface area contributed by atoms with Crippen molar-refractivity contribution >= 4 is 42.1 Å². The smallest absolute Gasteiger partial charge is 0.273 e. The van der Waals surface area contributed by atoms with E-state index in [0.717, 1.165) is 49.6 Å². The molecule has 1 saturated heterocycles. The average Bonchev–Trinajstić information content (AvgIpc) is 3.04. The number of amides is 1. The zero-order chi connectivity index (χ0) is 16.2. The summed E-state index contributed by atoms with van der Waals surface area (Å²) in [7, 11) is 0. The molecule has 5 nitrogen and oxygen atoms in total. The molecule has 8 heteroatoms. The van der Waals surface area contributed by atoms with Crippen molar-refractivity contribution in [1.29, 1.82) is 0 Å². The van der Waals surface area contributed by atoms with Gasteiger partial charge in [0.1, 0.15) is 5.69 Å². The van der Waals surface area contributed by atoms with Crippen molar-refractivity contribution in [3.63, 3.8) is 0 Å². The fourth-order valence-electron chi connectivity index (χ4n) is 3.71. The molecule has 25 heavy (non-hydrogen) atoms. The normalized spacial score (nSPS) is 24.3. The van der Waals surface area contributed by atoms with E-state index in [9.17, 15) is 4.79 Å². The van der Waals surface area contributed by atoms with Gasteiger partial charge in [0.05, 0.1) is 5.01 Å². The van der Waals surface area contributed by atoms with Crippen LogP contribution in [-0.4, -0.2) is 59.5 Å². The van der Waals surface area contributed by atoms with Crippen LogP contribution in [0.3, 0.4) is 0 Å². The zero-order valence-corrected chi connectivity index (χ0v) is 17.3. The number of nitrogens with zero attached hydrogens (tertiary/aromatic N) is 3. The topological polar surface area (TPSA) is 62.5 Å². The Hall–Kier alpha value is -0.400. The van der Waals surface area contributed by atoms with Crippen LogP contribution in [0.15, 0.2) is 5.38 Å². The van der Waals surface area contributed by atoms with Gasteiger partial charge in [-0.05, 0) is 38.1 Å². The van der Waals surface area contributed by atoms with Gasteiger partial charge >= 0.3 is 0 Å². The van der Waals surface area contributed by atoms with Gasteiger partial charge in [0.2, 0.25) is 0 Å². The van der Waals surface area contributed by atoms with Crippen LogP contribution >= 0.6 is 36.2 Å². The summed E-state index contributed by atoms with van der Waals surface area (Å²) < 4.78 is 0. The maximum Gasteiger partial charge on any atom is 0.273 e. The van der Waals surface area contributed by atoms with E-state index in [2.05, 4.69) is 16.8 Å². The minimum atomic E-state index is 0. The third kappa shape index (κ3) is 5.79. The second-order valence-corrected chi connectivity index (χ2v) is 7.85. The maximum absolute atomic E-state index is 12.6. The van der Waals surface area contributed by atoms with Crippen LogP contribution in [-0.2, 0) is 6.42 Å². The van der Waals surface area contributed by atoms with E-state index in [1.807, 2.05) is 10.3 Å². The average molecular weight is 409 g/mol. The fourth-order valence-corrected chi connectivity index (χ4v) is 4.50. The SMILES string of the molecule is CC1CCC(N2CCN(C(=O)c3csc(CCN)n3)CC2)CC1.Cl.Cl. The lowest BCUT2D eigenvalue weighted by Crippen LogP contribution is -2.52. The number of carbonyl (C=O) groups is 1. The molecule has 1 amide bonds. The molecular formula is C17H30Cl2N4OS. The molecule has 0 bridgehead atoms. The Labute approximate surface area is 167 Å².